The van der Waals surface area contributed by atoms with Gasteiger partial charge in [0.15, 0.2) is 10.6 Å². The first kappa shape index (κ1) is 14.3. The van der Waals surface area contributed by atoms with Crippen LogP contribution in [0.5, 0.6) is 5.75 Å². The number of nitrogens with one attached hydrogen (secondary N) is 2. The highest BCUT2D eigenvalue weighted by molar-refractivity contribution is 7.71. The summed E-state index contributed by atoms with van der Waals surface area (Å²) >= 11 is 5.05. The molecule has 0 aliphatic rings. The molecular formula is C13H16N4O2S. The Kier molecular flexibility index (Phi) is 4.19. The molecule has 0 saturated heterocycles. The SMILES string of the molecule is COc1ccc(C(=O)N[C@H](C)c2n[nH]c(=S)n2C)cc1. The van der Waals surface area contributed by atoms with Crippen LogP contribution in [0.15, 0.2) is 24.3 Å². The predicted molar refractivity (Wildman–Crippen MR) is 77.3 cm³/mol. The van der Waals surface area contributed by atoms with Crippen molar-refractivity contribution < 1.29 is 9.53 Å². The van der Waals surface area contributed by atoms with Gasteiger partial charge >= 0.3 is 0 Å². The molecule has 1 aromatic heterocycles. The smallest absolute Gasteiger partial charge is 0.251 e. The van der Waals surface area contributed by atoms with Crippen LogP contribution in [0.2, 0.25) is 0 Å². The highest BCUT2D eigenvalue weighted by atomic mass is 32.1. The van der Waals surface area contributed by atoms with Gasteiger partial charge in [0.25, 0.3) is 5.91 Å². The third kappa shape index (κ3) is 2.88. The van der Waals surface area contributed by atoms with E-state index < -0.39 is 0 Å². The summed E-state index contributed by atoms with van der Waals surface area (Å²) < 4.78 is 7.31. The number of benzene rings is 1. The number of ether oxygens (including phenoxy) is 1. The third-order valence-corrected chi connectivity index (χ3v) is 3.37. The molecule has 20 heavy (non-hydrogen) atoms. The highest BCUT2D eigenvalue weighted by Crippen LogP contribution is 2.13. The van der Waals surface area contributed by atoms with Gasteiger partial charge in [-0.3, -0.25) is 9.89 Å². The molecule has 7 heteroatoms. The monoisotopic (exact) mass is 292 g/mol. The topological polar surface area (TPSA) is 71.9 Å². The quantitative estimate of drug-likeness (QED) is 0.845. The molecule has 106 valence electrons. The predicted octanol–water partition coefficient (Wildman–Crippen LogP) is 1.98. The normalized spacial score (nSPS) is 11.9. The number of H-pyrrole nitrogens is 1. The number of nitrogens with zero attached hydrogens (tertiary/aromatic N) is 2. The summed E-state index contributed by atoms with van der Waals surface area (Å²) in [5.41, 5.74) is 0.564. The van der Waals surface area contributed by atoms with E-state index in [2.05, 4.69) is 15.5 Å². The summed E-state index contributed by atoms with van der Waals surface area (Å²) in [5, 5.41) is 9.67. The van der Waals surface area contributed by atoms with Crippen molar-refractivity contribution in [2.75, 3.05) is 7.11 Å². The second-order valence-electron chi connectivity index (χ2n) is 4.37. The van der Waals surface area contributed by atoms with Gasteiger partial charge < -0.3 is 14.6 Å². The van der Waals surface area contributed by atoms with Crippen molar-refractivity contribution in [1.82, 2.24) is 20.1 Å². The summed E-state index contributed by atoms with van der Waals surface area (Å²) in [6.45, 7) is 1.85. The maximum absolute atomic E-state index is 12.1. The summed E-state index contributed by atoms with van der Waals surface area (Å²) in [4.78, 5) is 12.1. The highest BCUT2D eigenvalue weighted by Gasteiger charge is 2.15. The van der Waals surface area contributed by atoms with Crippen molar-refractivity contribution in [2.24, 2.45) is 7.05 Å². The van der Waals surface area contributed by atoms with Gasteiger partial charge in [0.05, 0.1) is 13.2 Å². The second kappa shape index (κ2) is 5.87. The maximum atomic E-state index is 12.1. The molecule has 1 aromatic carbocycles. The van der Waals surface area contributed by atoms with Gasteiger partial charge in [-0.05, 0) is 43.4 Å². The molecule has 0 aliphatic carbocycles. The number of amides is 1. The van der Waals surface area contributed by atoms with Gasteiger partial charge in [0, 0.05) is 12.6 Å². The Balaban J connectivity index is 2.10. The lowest BCUT2D eigenvalue weighted by molar-refractivity contribution is 0.0937. The summed E-state index contributed by atoms with van der Waals surface area (Å²) in [6.07, 6.45) is 0. The van der Waals surface area contributed by atoms with Gasteiger partial charge in [0.1, 0.15) is 5.75 Å². The fourth-order valence-corrected chi connectivity index (χ4v) is 1.97. The number of carbonyl (C=O) groups is 1. The number of hydrogen-bond donors (Lipinski definition) is 2. The van der Waals surface area contributed by atoms with E-state index in [1.807, 2.05) is 6.92 Å². The zero-order valence-corrected chi connectivity index (χ0v) is 12.3. The molecule has 1 amide bonds. The molecule has 0 saturated carbocycles. The Labute approximate surface area is 121 Å². The molecule has 0 spiro atoms. The fourth-order valence-electron chi connectivity index (χ4n) is 1.83. The van der Waals surface area contributed by atoms with Crippen molar-refractivity contribution in [3.63, 3.8) is 0 Å². The second-order valence-corrected chi connectivity index (χ2v) is 4.76. The fraction of sp³-hybridized carbons (Fsp3) is 0.308. The summed E-state index contributed by atoms with van der Waals surface area (Å²) in [5.74, 6) is 1.22. The molecule has 6 nitrogen and oxygen atoms in total. The van der Waals surface area contributed by atoms with E-state index in [1.165, 1.54) is 0 Å². The first-order valence-corrected chi connectivity index (χ1v) is 6.50. The van der Waals surface area contributed by atoms with E-state index in [1.54, 1.807) is 43.0 Å². The van der Waals surface area contributed by atoms with Crippen LogP contribution < -0.4 is 10.1 Å². The minimum absolute atomic E-state index is 0.172. The molecule has 0 radical (unpaired) electrons. The Hall–Kier alpha value is -2.15. The standard InChI is InChI=1S/C13H16N4O2S/c1-8(11-15-16-13(20)17(11)2)14-12(18)9-4-6-10(19-3)7-5-9/h4-8H,1-3H3,(H,14,18)(H,16,20)/t8-/m1/s1. The zero-order valence-electron chi connectivity index (χ0n) is 11.5. The Morgan fingerprint density at radius 1 is 1.45 bits per heavy atom. The molecule has 1 heterocycles. The molecule has 2 aromatic rings. The minimum Gasteiger partial charge on any atom is -0.497 e. The lowest BCUT2D eigenvalue weighted by Gasteiger charge is -2.13. The van der Waals surface area contributed by atoms with E-state index >= 15 is 0 Å². The average molecular weight is 292 g/mol. The molecule has 2 N–H and O–H groups in total. The zero-order chi connectivity index (χ0) is 14.7. The molecule has 0 unspecified atom stereocenters. The minimum atomic E-state index is -0.248. The largest absolute Gasteiger partial charge is 0.497 e. The molecule has 0 fully saturated rings. The Morgan fingerprint density at radius 2 is 2.10 bits per heavy atom. The van der Waals surface area contributed by atoms with Gasteiger partial charge in [-0.15, -0.1) is 0 Å². The van der Waals surface area contributed by atoms with Gasteiger partial charge in [0.2, 0.25) is 0 Å². The number of carbonyl (C=O) groups excluding carboxylic acids is 1. The Morgan fingerprint density at radius 3 is 2.60 bits per heavy atom. The van der Waals surface area contributed by atoms with E-state index in [0.717, 1.165) is 0 Å². The van der Waals surface area contributed by atoms with Gasteiger partial charge in [-0.1, -0.05) is 0 Å². The number of rotatable bonds is 4. The molecule has 0 aliphatic heterocycles. The van der Waals surface area contributed by atoms with Crippen molar-refractivity contribution in [3.8, 4) is 5.75 Å². The van der Waals surface area contributed by atoms with E-state index in [9.17, 15) is 4.79 Å². The number of aromatic amines is 1. The number of methoxy groups -OCH3 is 1. The van der Waals surface area contributed by atoms with Crippen molar-refractivity contribution in [2.45, 2.75) is 13.0 Å². The number of hydrogen-bond acceptors (Lipinski definition) is 4. The molecular weight excluding hydrogens is 276 g/mol. The lowest BCUT2D eigenvalue weighted by atomic mass is 10.2. The van der Waals surface area contributed by atoms with Crippen LogP contribution in [-0.2, 0) is 7.05 Å². The van der Waals surface area contributed by atoms with Crippen LogP contribution in [-0.4, -0.2) is 27.8 Å². The van der Waals surface area contributed by atoms with E-state index in [-0.39, 0.29) is 11.9 Å². The van der Waals surface area contributed by atoms with Crippen molar-refractivity contribution in [3.05, 3.63) is 40.4 Å². The van der Waals surface area contributed by atoms with Gasteiger partial charge in [-0.25, -0.2) is 0 Å². The van der Waals surface area contributed by atoms with Crippen LogP contribution in [0.1, 0.15) is 29.1 Å². The van der Waals surface area contributed by atoms with E-state index in [4.69, 9.17) is 17.0 Å². The van der Waals surface area contributed by atoms with Crippen LogP contribution in [0.4, 0.5) is 0 Å². The molecule has 0 bridgehead atoms. The Bertz CT molecular complexity index is 660. The first-order valence-electron chi connectivity index (χ1n) is 6.09. The average Bonchev–Trinajstić information content (AvgIpc) is 2.79. The van der Waals surface area contributed by atoms with Crippen LogP contribution in [0.25, 0.3) is 0 Å². The molecule has 2 rings (SSSR count). The van der Waals surface area contributed by atoms with Crippen LogP contribution in [0, 0.1) is 4.77 Å². The first-order chi connectivity index (χ1) is 9.52. The van der Waals surface area contributed by atoms with E-state index in [0.29, 0.717) is 21.9 Å². The van der Waals surface area contributed by atoms with Crippen LogP contribution in [0.3, 0.4) is 0 Å². The summed E-state index contributed by atoms with van der Waals surface area (Å²) in [6, 6.07) is 6.67. The van der Waals surface area contributed by atoms with Crippen molar-refractivity contribution >= 4 is 18.1 Å². The van der Waals surface area contributed by atoms with Crippen LogP contribution >= 0.6 is 12.2 Å². The lowest BCUT2D eigenvalue weighted by Crippen LogP contribution is -2.28. The summed E-state index contributed by atoms with van der Waals surface area (Å²) in [7, 11) is 3.39. The molecule has 1 atom stereocenters. The van der Waals surface area contributed by atoms with Gasteiger partial charge in [-0.2, -0.15) is 5.10 Å². The number of aromatic nitrogens is 3. The van der Waals surface area contributed by atoms with Crippen molar-refractivity contribution in [1.29, 1.82) is 0 Å². The maximum Gasteiger partial charge on any atom is 0.251 e. The third-order valence-electron chi connectivity index (χ3n) is 3.00.